The maximum atomic E-state index is 4.60. The topological polar surface area (TPSA) is 57.0 Å². The fourth-order valence-electron chi connectivity index (χ4n) is 3.93. The van der Waals surface area contributed by atoms with E-state index in [9.17, 15) is 0 Å². The molecule has 1 unspecified atom stereocenters. The van der Waals surface area contributed by atoms with E-state index in [1.165, 1.54) is 38.6 Å². The maximum Gasteiger partial charge on any atom is 0.193 e. The smallest absolute Gasteiger partial charge is 0.193 e. The van der Waals surface area contributed by atoms with Gasteiger partial charge in [-0.1, -0.05) is 12.8 Å². The molecule has 1 atom stereocenters. The Bertz CT molecular complexity index is 670. The molecule has 6 nitrogen and oxygen atoms in total. The normalized spacial score (nSPS) is 23.4. The molecule has 130 valence electrons. The molecule has 1 aliphatic heterocycles. The second-order valence-electron chi connectivity index (χ2n) is 6.81. The molecule has 0 amide bonds. The summed E-state index contributed by atoms with van der Waals surface area (Å²) in [5.41, 5.74) is 1.05. The lowest BCUT2D eigenvalue weighted by Crippen LogP contribution is -2.45. The Kier molecular flexibility index (Phi) is 4.71. The van der Waals surface area contributed by atoms with Gasteiger partial charge >= 0.3 is 0 Å². The largest absolute Gasteiger partial charge is 0.352 e. The van der Waals surface area contributed by atoms with Crippen molar-refractivity contribution in [2.45, 2.75) is 50.7 Å². The van der Waals surface area contributed by atoms with Crippen LogP contribution in [0.15, 0.2) is 22.8 Å². The van der Waals surface area contributed by atoms with Crippen molar-refractivity contribution in [2.24, 2.45) is 4.99 Å². The number of thiazole rings is 1. The second kappa shape index (κ2) is 7.11. The first-order chi connectivity index (χ1) is 11.8. The number of hydrogen-bond donors (Lipinski definition) is 2. The van der Waals surface area contributed by atoms with Gasteiger partial charge < -0.3 is 10.6 Å². The highest BCUT2D eigenvalue weighted by atomic mass is 32.1. The highest BCUT2D eigenvalue weighted by molar-refractivity contribution is 7.15. The van der Waals surface area contributed by atoms with Gasteiger partial charge in [0.15, 0.2) is 10.9 Å². The third-order valence-corrected chi connectivity index (χ3v) is 5.98. The quantitative estimate of drug-likeness (QED) is 0.657. The number of likely N-dealkylation sites (tertiary alicyclic amines) is 1. The molecule has 2 aliphatic rings. The fraction of sp³-hybridized carbons (Fsp3) is 0.647. The first-order valence-electron chi connectivity index (χ1n) is 8.94. The van der Waals surface area contributed by atoms with Crippen molar-refractivity contribution in [3.63, 3.8) is 0 Å². The highest BCUT2D eigenvalue weighted by Gasteiger charge is 2.30. The van der Waals surface area contributed by atoms with Crippen LogP contribution in [0.2, 0.25) is 0 Å². The number of nitrogens with zero attached hydrogens (tertiary/aromatic N) is 4. The van der Waals surface area contributed by atoms with Gasteiger partial charge in [0.05, 0.1) is 12.2 Å². The molecule has 4 rings (SSSR count). The zero-order valence-corrected chi connectivity index (χ0v) is 15.1. The molecule has 1 saturated heterocycles. The summed E-state index contributed by atoms with van der Waals surface area (Å²) in [5, 5.41) is 9.03. The zero-order chi connectivity index (χ0) is 16.4. The summed E-state index contributed by atoms with van der Waals surface area (Å²) < 4.78 is 2.06. The van der Waals surface area contributed by atoms with E-state index in [0.29, 0.717) is 12.6 Å². The predicted molar refractivity (Wildman–Crippen MR) is 98.6 cm³/mol. The van der Waals surface area contributed by atoms with Crippen LogP contribution in [0.5, 0.6) is 0 Å². The highest BCUT2D eigenvalue weighted by Crippen LogP contribution is 2.26. The molecule has 2 N–H and O–H groups in total. The summed E-state index contributed by atoms with van der Waals surface area (Å²) in [6.07, 6.45) is 10.9. The molecule has 0 bridgehead atoms. The van der Waals surface area contributed by atoms with E-state index in [-0.39, 0.29) is 0 Å². The lowest BCUT2D eigenvalue weighted by atomic mass is 10.2. The van der Waals surface area contributed by atoms with Crippen LogP contribution < -0.4 is 10.6 Å². The number of nitrogens with one attached hydrogen (secondary N) is 2. The molecular formula is C17H26N6S. The number of guanidine groups is 1. The number of fused-ring (bicyclic) bond motifs is 1. The molecule has 7 heteroatoms. The molecule has 0 radical (unpaired) electrons. The van der Waals surface area contributed by atoms with Gasteiger partial charge in [-0.15, -0.1) is 11.3 Å². The minimum Gasteiger partial charge on any atom is -0.352 e. The van der Waals surface area contributed by atoms with Gasteiger partial charge in [-0.25, -0.2) is 4.98 Å². The summed E-state index contributed by atoms with van der Waals surface area (Å²) in [7, 11) is 1.84. The Labute approximate surface area is 147 Å². The summed E-state index contributed by atoms with van der Waals surface area (Å²) in [6, 6.07) is 1.33. The van der Waals surface area contributed by atoms with Gasteiger partial charge in [-0.2, -0.15) is 0 Å². The molecule has 3 heterocycles. The van der Waals surface area contributed by atoms with E-state index in [1.54, 1.807) is 11.3 Å². The molecular weight excluding hydrogens is 320 g/mol. The maximum absolute atomic E-state index is 4.60. The van der Waals surface area contributed by atoms with E-state index in [2.05, 4.69) is 41.5 Å². The average molecular weight is 347 g/mol. The van der Waals surface area contributed by atoms with Crippen molar-refractivity contribution < 1.29 is 0 Å². The molecule has 0 aromatic carbocycles. The number of hydrogen-bond acceptors (Lipinski definition) is 4. The Balaban J connectivity index is 1.27. The molecule has 0 spiro atoms. The first kappa shape index (κ1) is 15.9. The van der Waals surface area contributed by atoms with Crippen molar-refractivity contribution in [3.05, 3.63) is 23.5 Å². The Hall–Kier alpha value is -1.60. The van der Waals surface area contributed by atoms with Gasteiger partial charge in [0, 0.05) is 50.0 Å². The van der Waals surface area contributed by atoms with Crippen LogP contribution >= 0.6 is 11.3 Å². The number of rotatable bonds is 4. The van der Waals surface area contributed by atoms with E-state index in [1.807, 2.05) is 13.2 Å². The molecule has 2 aromatic heterocycles. The number of aliphatic imine (C=N–C) groups is 1. The SMILES string of the molecule is CN=C(NCc1cn2ccsc2n1)NC1CCN(C2CCCC2)C1. The van der Waals surface area contributed by atoms with E-state index >= 15 is 0 Å². The lowest BCUT2D eigenvalue weighted by molar-refractivity contribution is 0.242. The number of aromatic nitrogens is 2. The Morgan fingerprint density at radius 2 is 2.25 bits per heavy atom. The van der Waals surface area contributed by atoms with Crippen molar-refractivity contribution in [3.8, 4) is 0 Å². The van der Waals surface area contributed by atoms with Crippen LogP contribution in [-0.4, -0.2) is 52.5 Å². The van der Waals surface area contributed by atoms with E-state index in [0.717, 1.165) is 29.2 Å². The van der Waals surface area contributed by atoms with Crippen LogP contribution in [-0.2, 0) is 6.54 Å². The minimum absolute atomic E-state index is 0.502. The Morgan fingerprint density at radius 1 is 1.38 bits per heavy atom. The summed E-state index contributed by atoms with van der Waals surface area (Å²) in [4.78, 5) is 12.7. The molecule has 1 saturated carbocycles. The molecule has 24 heavy (non-hydrogen) atoms. The standard InChI is InChI=1S/C17H26N6S/c1-18-16(19-10-14-12-23-8-9-24-17(23)21-14)20-13-6-7-22(11-13)15-4-2-3-5-15/h8-9,12-13,15H,2-7,10-11H2,1H3,(H2,18,19,20). The fourth-order valence-corrected chi connectivity index (χ4v) is 4.65. The van der Waals surface area contributed by atoms with Crippen molar-refractivity contribution in [1.82, 2.24) is 24.9 Å². The van der Waals surface area contributed by atoms with Crippen molar-refractivity contribution >= 4 is 22.3 Å². The van der Waals surface area contributed by atoms with Crippen LogP contribution in [0.3, 0.4) is 0 Å². The molecule has 2 fully saturated rings. The number of imidazole rings is 1. The van der Waals surface area contributed by atoms with Crippen molar-refractivity contribution in [1.29, 1.82) is 0 Å². The third kappa shape index (κ3) is 3.42. The van der Waals surface area contributed by atoms with Gasteiger partial charge in [-0.3, -0.25) is 14.3 Å². The summed E-state index contributed by atoms with van der Waals surface area (Å²) in [6.45, 7) is 3.06. The van der Waals surface area contributed by atoms with Gasteiger partial charge in [-0.05, 0) is 19.3 Å². The van der Waals surface area contributed by atoms with Crippen molar-refractivity contribution in [2.75, 3.05) is 20.1 Å². The van der Waals surface area contributed by atoms with Crippen LogP contribution in [0, 0.1) is 0 Å². The Morgan fingerprint density at radius 3 is 3.04 bits per heavy atom. The summed E-state index contributed by atoms with van der Waals surface area (Å²) in [5.74, 6) is 0.879. The van der Waals surface area contributed by atoms with Gasteiger partial charge in [0.1, 0.15) is 0 Å². The van der Waals surface area contributed by atoms with E-state index < -0.39 is 0 Å². The predicted octanol–water partition coefficient (Wildman–Crippen LogP) is 2.08. The monoisotopic (exact) mass is 346 g/mol. The van der Waals surface area contributed by atoms with Gasteiger partial charge in [0.25, 0.3) is 0 Å². The molecule has 1 aliphatic carbocycles. The first-order valence-corrected chi connectivity index (χ1v) is 9.82. The summed E-state index contributed by atoms with van der Waals surface area (Å²) >= 11 is 1.66. The lowest BCUT2D eigenvalue weighted by Gasteiger charge is -2.24. The minimum atomic E-state index is 0.502. The van der Waals surface area contributed by atoms with Crippen LogP contribution in [0.1, 0.15) is 37.8 Å². The molecule has 2 aromatic rings. The zero-order valence-electron chi connectivity index (χ0n) is 14.2. The van der Waals surface area contributed by atoms with Crippen LogP contribution in [0.25, 0.3) is 4.96 Å². The van der Waals surface area contributed by atoms with Gasteiger partial charge in [0.2, 0.25) is 0 Å². The van der Waals surface area contributed by atoms with E-state index in [4.69, 9.17) is 0 Å². The average Bonchev–Trinajstić information content (AvgIpc) is 3.34. The third-order valence-electron chi connectivity index (χ3n) is 5.21. The van der Waals surface area contributed by atoms with Crippen LogP contribution in [0.4, 0.5) is 0 Å². The second-order valence-corrected chi connectivity index (χ2v) is 7.69.